The van der Waals surface area contributed by atoms with Gasteiger partial charge in [-0.3, -0.25) is 0 Å². The quantitative estimate of drug-likeness (QED) is 0.773. The van der Waals surface area contributed by atoms with Crippen molar-refractivity contribution in [2.45, 2.75) is 51.0 Å². The summed E-state index contributed by atoms with van der Waals surface area (Å²) < 4.78 is 0. The van der Waals surface area contributed by atoms with Crippen LogP contribution in [0.3, 0.4) is 0 Å². The summed E-state index contributed by atoms with van der Waals surface area (Å²) in [7, 11) is 0. The molecule has 0 bridgehead atoms. The van der Waals surface area contributed by atoms with E-state index >= 15 is 0 Å². The van der Waals surface area contributed by atoms with Crippen LogP contribution in [0.15, 0.2) is 42.5 Å². The van der Waals surface area contributed by atoms with Crippen LogP contribution in [0.1, 0.15) is 44.1 Å². The van der Waals surface area contributed by atoms with Gasteiger partial charge in [0.05, 0.1) is 6.10 Å². The van der Waals surface area contributed by atoms with Gasteiger partial charge < -0.3 is 5.11 Å². The maximum Gasteiger partial charge on any atom is 0.0749 e. The summed E-state index contributed by atoms with van der Waals surface area (Å²) in [5.74, 6) is 0.506. The average Bonchev–Trinajstić information content (AvgIpc) is 2.45. The summed E-state index contributed by atoms with van der Waals surface area (Å²) in [6.07, 6.45) is 12.4. The summed E-state index contributed by atoms with van der Waals surface area (Å²) >= 11 is 0. The van der Waals surface area contributed by atoms with Crippen molar-refractivity contribution in [2.75, 3.05) is 0 Å². The summed E-state index contributed by atoms with van der Waals surface area (Å²) in [5, 5.41) is 10.1. The summed E-state index contributed by atoms with van der Waals surface area (Å²) in [6, 6.07) is 10.5. The van der Waals surface area contributed by atoms with E-state index < -0.39 is 0 Å². The van der Waals surface area contributed by atoms with Crippen molar-refractivity contribution in [2.24, 2.45) is 5.92 Å². The number of aliphatic hydroxyl groups is 1. The molecule has 1 heteroatoms. The average molecular weight is 244 g/mol. The molecule has 1 atom stereocenters. The molecule has 0 spiro atoms. The van der Waals surface area contributed by atoms with Crippen molar-refractivity contribution in [1.82, 2.24) is 0 Å². The van der Waals surface area contributed by atoms with Crippen LogP contribution in [0.4, 0.5) is 0 Å². The van der Waals surface area contributed by atoms with Gasteiger partial charge in [0.2, 0.25) is 0 Å². The second kappa shape index (κ2) is 7.38. The lowest BCUT2D eigenvalue weighted by molar-refractivity contribution is 0.125. The first-order valence-corrected chi connectivity index (χ1v) is 7.25. The van der Waals surface area contributed by atoms with Crippen molar-refractivity contribution < 1.29 is 5.11 Å². The van der Waals surface area contributed by atoms with E-state index in [0.717, 1.165) is 12.8 Å². The van der Waals surface area contributed by atoms with E-state index in [4.69, 9.17) is 0 Å². The van der Waals surface area contributed by atoms with Crippen LogP contribution in [0.2, 0.25) is 0 Å². The van der Waals surface area contributed by atoms with Gasteiger partial charge in [-0.25, -0.2) is 0 Å². The Bertz CT molecular complexity index is 349. The largest absolute Gasteiger partial charge is 0.389 e. The molecule has 0 radical (unpaired) electrons. The number of benzene rings is 1. The smallest absolute Gasteiger partial charge is 0.0749 e. The number of rotatable bonds is 5. The lowest BCUT2D eigenvalue weighted by Gasteiger charge is -2.24. The zero-order chi connectivity index (χ0) is 12.6. The zero-order valence-corrected chi connectivity index (χ0v) is 11.1. The van der Waals surface area contributed by atoms with E-state index in [1.165, 1.54) is 37.7 Å². The lowest BCUT2D eigenvalue weighted by atomic mass is 9.85. The van der Waals surface area contributed by atoms with Crippen LogP contribution in [0.5, 0.6) is 0 Å². The van der Waals surface area contributed by atoms with Crippen LogP contribution in [-0.4, -0.2) is 11.2 Å². The Morgan fingerprint density at radius 2 is 1.83 bits per heavy atom. The van der Waals surface area contributed by atoms with Gasteiger partial charge in [0.25, 0.3) is 0 Å². The molecule has 0 aromatic heterocycles. The molecular weight excluding hydrogens is 220 g/mol. The zero-order valence-electron chi connectivity index (χ0n) is 11.1. The number of allylic oxidation sites excluding steroid dienone is 1. The SMILES string of the molecule is O[C@H](/C=C/CCc1ccccc1)C1CCCCC1. The maximum absolute atomic E-state index is 10.1. The van der Waals surface area contributed by atoms with Gasteiger partial charge in [-0.1, -0.05) is 61.7 Å². The molecule has 0 amide bonds. The third-order valence-electron chi connectivity index (χ3n) is 3.91. The van der Waals surface area contributed by atoms with Gasteiger partial charge in [0.15, 0.2) is 0 Å². The lowest BCUT2D eigenvalue weighted by Crippen LogP contribution is -2.20. The van der Waals surface area contributed by atoms with Gasteiger partial charge >= 0.3 is 0 Å². The molecule has 18 heavy (non-hydrogen) atoms. The molecule has 0 saturated heterocycles. The Balaban J connectivity index is 1.70. The van der Waals surface area contributed by atoms with E-state index in [0.29, 0.717) is 5.92 Å². The van der Waals surface area contributed by atoms with Crippen molar-refractivity contribution >= 4 is 0 Å². The molecule has 1 saturated carbocycles. The highest BCUT2D eigenvalue weighted by atomic mass is 16.3. The summed E-state index contributed by atoms with van der Waals surface area (Å²) in [5.41, 5.74) is 1.37. The van der Waals surface area contributed by atoms with Crippen LogP contribution in [0.25, 0.3) is 0 Å². The Morgan fingerprint density at radius 3 is 2.56 bits per heavy atom. The first-order chi connectivity index (χ1) is 8.86. The molecule has 1 aromatic rings. The standard InChI is InChI=1S/C17H24O/c18-17(16-12-5-2-6-13-16)14-8-7-11-15-9-3-1-4-10-15/h1,3-4,8-10,14,16-18H,2,5-7,11-13H2/b14-8+/t17-/m1/s1. The molecule has 1 aliphatic rings. The molecular formula is C17H24O. The van der Waals surface area contributed by atoms with Gasteiger partial charge in [-0.05, 0) is 37.2 Å². The van der Waals surface area contributed by atoms with Crippen molar-refractivity contribution in [1.29, 1.82) is 0 Å². The minimum absolute atomic E-state index is 0.221. The molecule has 1 nitrogen and oxygen atoms in total. The van der Waals surface area contributed by atoms with Crippen LogP contribution in [0, 0.1) is 5.92 Å². The van der Waals surface area contributed by atoms with E-state index in [1.807, 2.05) is 12.1 Å². The highest BCUT2D eigenvalue weighted by Crippen LogP contribution is 2.26. The highest BCUT2D eigenvalue weighted by Gasteiger charge is 2.18. The molecule has 98 valence electrons. The molecule has 1 fully saturated rings. The van der Waals surface area contributed by atoms with Crippen LogP contribution >= 0.6 is 0 Å². The number of hydrogen-bond donors (Lipinski definition) is 1. The molecule has 2 rings (SSSR count). The first kappa shape index (κ1) is 13.4. The number of aliphatic hydroxyl groups excluding tert-OH is 1. The topological polar surface area (TPSA) is 20.2 Å². The minimum Gasteiger partial charge on any atom is -0.389 e. The Kier molecular flexibility index (Phi) is 5.47. The predicted octanol–water partition coefficient (Wildman–Crippen LogP) is 4.12. The molecule has 1 aliphatic carbocycles. The monoisotopic (exact) mass is 244 g/mol. The molecule has 1 aromatic carbocycles. The van der Waals surface area contributed by atoms with Gasteiger partial charge in [-0.15, -0.1) is 0 Å². The fourth-order valence-electron chi connectivity index (χ4n) is 2.76. The van der Waals surface area contributed by atoms with Crippen LogP contribution < -0.4 is 0 Å². The molecule has 1 N–H and O–H groups in total. The Labute approximate surface area is 111 Å². The summed E-state index contributed by atoms with van der Waals surface area (Å²) in [4.78, 5) is 0. The molecule has 0 aliphatic heterocycles. The van der Waals surface area contributed by atoms with Gasteiger partial charge in [-0.2, -0.15) is 0 Å². The maximum atomic E-state index is 10.1. The first-order valence-electron chi connectivity index (χ1n) is 7.25. The second-order valence-corrected chi connectivity index (χ2v) is 5.34. The van der Waals surface area contributed by atoms with E-state index in [2.05, 4.69) is 30.3 Å². The van der Waals surface area contributed by atoms with Gasteiger partial charge in [0.1, 0.15) is 0 Å². The molecule has 0 heterocycles. The number of hydrogen-bond acceptors (Lipinski definition) is 1. The second-order valence-electron chi connectivity index (χ2n) is 5.34. The minimum atomic E-state index is -0.221. The third kappa shape index (κ3) is 4.30. The molecule has 0 unspecified atom stereocenters. The van der Waals surface area contributed by atoms with Crippen molar-refractivity contribution in [3.05, 3.63) is 48.0 Å². The fraction of sp³-hybridized carbons (Fsp3) is 0.529. The van der Waals surface area contributed by atoms with Crippen LogP contribution in [-0.2, 0) is 6.42 Å². The van der Waals surface area contributed by atoms with Crippen molar-refractivity contribution in [3.63, 3.8) is 0 Å². The van der Waals surface area contributed by atoms with Crippen molar-refractivity contribution in [3.8, 4) is 0 Å². The fourth-order valence-corrected chi connectivity index (χ4v) is 2.76. The van der Waals surface area contributed by atoms with E-state index in [9.17, 15) is 5.11 Å². The van der Waals surface area contributed by atoms with E-state index in [1.54, 1.807) is 0 Å². The Hall–Kier alpha value is -1.08. The Morgan fingerprint density at radius 1 is 1.11 bits per heavy atom. The highest BCUT2D eigenvalue weighted by molar-refractivity contribution is 5.15. The van der Waals surface area contributed by atoms with Gasteiger partial charge in [0, 0.05) is 0 Å². The third-order valence-corrected chi connectivity index (χ3v) is 3.91. The normalized spacial score (nSPS) is 19.2. The summed E-state index contributed by atoms with van der Waals surface area (Å²) in [6.45, 7) is 0. The predicted molar refractivity (Wildman–Crippen MR) is 76.5 cm³/mol. The van der Waals surface area contributed by atoms with E-state index in [-0.39, 0.29) is 6.10 Å². The number of aryl methyl sites for hydroxylation is 1.